The summed E-state index contributed by atoms with van der Waals surface area (Å²) in [4.78, 5) is 23.9. The molecule has 0 unspecified atom stereocenters. The van der Waals surface area contributed by atoms with E-state index in [1.165, 1.54) is 5.56 Å². The van der Waals surface area contributed by atoms with Crippen molar-refractivity contribution in [2.24, 2.45) is 0 Å². The van der Waals surface area contributed by atoms with Crippen LogP contribution < -0.4 is 15.4 Å². The van der Waals surface area contributed by atoms with Gasteiger partial charge in [-0.15, -0.1) is 0 Å². The van der Waals surface area contributed by atoms with Crippen LogP contribution in [0.5, 0.6) is 5.75 Å². The van der Waals surface area contributed by atoms with E-state index in [1.54, 1.807) is 0 Å². The summed E-state index contributed by atoms with van der Waals surface area (Å²) in [5.41, 5.74) is 4.07. The summed E-state index contributed by atoms with van der Waals surface area (Å²) in [6, 6.07) is 13.5. The van der Waals surface area contributed by atoms with Gasteiger partial charge < -0.3 is 15.4 Å². The largest absolute Gasteiger partial charge is 0.494 e. The molecule has 0 atom stereocenters. The Morgan fingerprint density at radius 1 is 0.889 bits per heavy atom. The fourth-order valence-electron chi connectivity index (χ4n) is 2.51. The Hall–Kier alpha value is -2.82. The van der Waals surface area contributed by atoms with Gasteiger partial charge in [-0.2, -0.15) is 0 Å². The normalized spacial score (nSPS) is 10.3. The molecule has 5 nitrogen and oxygen atoms in total. The van der Waals surface area contributed by atoms with E-state index in [2.05, 4.69) is 10.6 Å². The highest BCUT2D eigenvalue weighted by molar-refractivity contribution is 5.94. The van der Waals surface area contributed by atoms with Crippen LogP contribution in [0.2, 0.25) is 0 Å². The number of nitrogens with one attached hydrogen (secondary N) is 2. The molecule has 0 radical (unpaired) electrons. The van der Waals surface area contributed by atoms with Crippen molar-refractivity contribution >= 4 is 11.8 Å². The van der Waals surface area contributed by atoms with E-state index in [4.69, 9.17) is 4.74 Å². The molecule has 2 aromatic carbocycles. The van der Waals surface area contributed by atoms with Gasteiger partial charge in [-0.1, -0.05) is 23.8 Å². The van der Waals surface area contributed by atoms with Crippen molar-refractivity contribution < 1.29 is 14.3 Å². The van der Waals surface area contributed by atoms with Crippen molar-refractivity contribution in [2.75, 3.05) is 19.7 Å². The smallest absolute Gasteiger partial charge is 0.251 e. The molecule has 0 aromatic heterocycles. The van der Waals surface area contributed by atoms with Crippen molar-refractivity contribution in [1.82, 2.24) is 10.6 Å². The van der Waals surface area contributed by atoms with Crippen LogP contribution in [0.3, 0.4) is 0 Å². The fraction of sp³-hybridized carbons (Fsp3) is 0.364. The van der Waals surface area contributed by atoms with E-state index >= 15 is 0 Å². The number of ether oxygens (including phenoxy) is 1. The second kappa shape index (κ2) is 10.4. The minimum Gasteiger partial charge on any atom is -0.494 e. The molecular weight excluding hydrogens is 340 g/mol. The van der Waals surface area contributed by atoms with Crippen molar-refractivity contribution in [2.45, 2.75) is 33.6 Å². The molecule has 0 aliphatic rings. The average molecular weight is 368 g/mol. The van der Waals surface area contributed by atoms with Crippen LogP contribution >= 0.6 is 0 Å². The number of carbonyl (C=O) groups is 2. The Morgan fingerprint density at radius 2 is 1.59 bits per heavy atom. The van der Waals surface area contributed by atoms with Gasteiger partial charge >= 0.3 is 0 Å². The molecule has 144 valence electrons. The van der Waals surface area contributed by atoms with E-state index in [1.807, 2.05) is 63.2 Å². The van der Waals surface area contributed by atoms with Crippen molar-refractivity contribution in [3.05, 3.63) is 64.7 Å². The van der Waals surface area contributed by atoms with Crippen LogP contribution in [-0.2, 0) is 4.79 Å². The van der Waals surface area contributed by atoms with E-state index in [9.17, 15) is 9.59 Å². The zero-order valence-corrected chi connectivity index (χ0v) is 16.3. The van der Waals surface area contributed by atoms with Crippen molar-refractivity contribution in [3.8, 4) is 5.75 Å². The van der Waals surface area contributed by atoms with Crippen LogP contribution in [0, 0.1) is 20.8 Å². The van der Waals surface area contributed by atoms with Gasteiger partial charge in [-0.05, 0) is 62.6 Å². The number of hydrogen-bond acceptors (Lipinski definition) is 3. The van der Waals surface area contributed by atoms with Crippen LogP contribution in [-0.4, -0.2) is 31.5 Å². The monoisotopic (exact) mass is 368 g/mol. The topological polar surface area (TPSA) is 67.4 Å². The molecule has 2 amide bonds. The Balaban J connectivity index is 1.57. The van der Waals surface area contributed by atoms with Gasteiger partial charge in [0.05, 0.1) is 6.61 Å². The summed E-state index contributed by atoms with van der Waals surface area (Å²) in [6.07, 6.45) is 1.05. The maximum absolute atomic E-state index is 12.1. The lowest BCUT2D eigenvalue weighted by Gasteiger charge is -2.09. The Morgan fingerprint density at radius 3 is 2.30 bits per heavy atom. The van der Waals surface area contributed by atoms with E-state index < -0.39 is 0 Å². The molecule has 0 aliphatic carbocycles. The maximum atomic E-state index is 12.1. The van der Waals surface area contributed by atoms with Gasteiger partial charge in [0.25, 0.3) is 5.91 Å². The molecule has 0 saturated heterocycles. The highest BCUT2D eigenvalue weighted by atomic mass is 16.5. The molecule has 0 saturated carbocycles. The SMILES string of the molecule is Cc1ccc(OCCCC(=O)NCCNC(=O)c2ccc(C)c(C)c2)cc1. The minimum absolute atomic E-state index is 0.0389. The molecule has 2 aromatic rings. The van der Waals surface area contributed by atoms with Gasteiger partial charge in [0, 0.05) is 25.1 Å². The Bertz CT molecular complexity index is 770. The minimum atomic E-state index is -0.126. The molecule has 2 rings (SSSR count). The Labute approximate surface area is 161 Å². The summed E-state index contributed by atoms with van der Waals surface area (Å²) >= 11 is 0. The second-order valence-corrected chi connectivity index (χ2v) is 6.67. The predicted molar refractivity (Wildman–Crippen MR) is 107 cm³/mol. The highest BCUT2D eigenvalue weighted by Crippen LogP contribution is 2.12. The summed E-state index contributed by atoms with van der Waals surface area (Å²) in [5, 5.41) is 5.62. The van der Waals surface area contributed by atoms with Crippen molar-refractivity contribution in [1.29, 1.82) is 0 Å². The van der Waals surface area contributed by atoms with Gasteiger partial charge in [0.15, 0.2) is 0 Å². The molecule has 0 fully saturated rings. The molecule has 2 N–H and O–H groups in total. The maximum Gasteiger partial charge on any atom is 0.251 e. The number of hydrogen-bond donors (Lipinski definition) is 2. The van der Waals surface area contributed by atoms with Gasteiger partial charge in [0.2, 0.25) is 5.91 Å². The summed E-state index contributed by atoms with van der Waals surface area (Å²) < 4.78 is 5.60. The quantitative estimate of drug-likeness (QED) is 0.667. The van der Waals surface area contributed by atoms with Crippen LogP contribution in [0.25, 0.3) is 0 Å². The number of aryl methyl sites for hydroxylation is 3. The highest BCUT2D eigenvalue weighted by Gasteiger charge is 2.06. The third-order valence-electron chi connectivity index (χ3n) is 4.34. The number of carbonyl (C=O) groups excluding carboxylic acids is 2. The van der Waals surface area contributed by atoms with Gasteiger partial charge in [-0.3, -0.25) is 9.59 Å². The molecule has 0 bridgehead atoms. The van der Waals surface area contributed by atoms with Gasteiger partial charge in [-0.25, -0.2) is 0 Å². The zero-order chi connectivity index (χ0) is 19.6. The van der Waals surface area contributed by atoms with Crippen molar-refractivity contribution in [3.63, 3.8) is 0 Å². The predicted octanol–water partition coefficient (Wildman–Crippen LogP) is 3.32. The average Bonchev–Trinajstić information content (AvgIpc) is 2.66. The molecule has 0 aliphatic heterocycles. The lowest BCUT2D eigenvalue weighted by molar-refractivity contribution is -0.121. The number of benzene rings is 2. The third-order valence-corrected chi connectivity index (χ3v) is 4.34. The lowest BCUT2D eigenvalue weighted by Crippen LogP contribution is -2.34. The van der Waals surface area contributed by atoms with E-state index in [0.717, 1.165) is 16.9 Å². The zero-order valence-electron chi connectivity index (χ0n) is 16.3. The first-order chi connectivity index (χ1) is 13.0. The van der Waals surface area contributed by atoms with Crippen LogP contribution in [0.15, 0.2) is 42.5 Å². The first-order valence-corrected chi connectivity index (χ1v) is 9.27. The first-order valence-electron chi connectivity index (χ1n) is 9.27. The number of amides is 2. The standard InChI is InChI=1S/C22H28N2O3/c1-16-6-10-20(11-7-16)27-14-4-5-21(25)23-12-13-24-22(26)19-9-8-17(2)18(3)15-19/h6-11,15H,4-5,12-14H2,1-3H3,(H,23,25)(H,24,26). The summed E-state index contributed by atoms with van der Waals surface area (Å²) in [6.45, 7) is 7.33. The number of rotatable bonds is 9. The summed E-state index contributed by atoms with van der Waals surface area (Å²) in [5.74, 6) is 0.650. The first kappa shape index (κ1) is 20.5. The Kier molecular flexibility index (Phi) is 7.86. The molecule has 5 heteroatoms. The molecule has 0 heterocycles. The third kappa shape index (κ3) is 7.13. The lowest BCUT2D eigenvalue weighted by atomic mass is 10.1. The second-order valence-electron chi connectivity index (χ2n) is 6.67. The van der Waals surface area contributed by atoms with Crippen LogP contribution in [0.1, 0.15) is 39.9 Å². The molecular formula is C22H28N2O3. The molecule has 27 heavy (non-hydrogen) atoms. The molecule has 0 spiro atoms. The van der Waals surface area contributed by atoms with Crippen LogP contribution in [0.4, 0.5) is 0 Å². The van der Waals surface area contributed by atoms with E-state index in [0.29, 0.717) is 38.1 Å². The fourth-order valence-corrected chi connectivity index (χ4v) is 2.51. The van der Waals surface area contributed by atoms with E-state index in [-0.39, 0.29) is 11.8 Å². The van der Waals surface area contributed by atoms with Gasteiger partial charge in [0.1, 0.15) is 5.75 Å². The summed E-state index contributed by atoms with van der Waals surface area (Å²) in [7, 11) is 0.